The number of methoxy groups -OCH3 is 1. The van der Waals surface area contributed by atoms with Crippen molar-refractivity contribution in [3.8, 4) is 11.5 Å². The van der Waals surface area contributed by atoms with E-state index in [1.165, 1.54) is 13.4 Å². The summed E-state index contributed by atoms with van der Waals surface area (Å²) >= 11 is 0. The molecule has 0 aliphatic carbocycles. The standard InChI is InChI=1S/C28H40N6O6/c1-8-38-23(35)17-39-22-14-20(10-11-21(22)37-7)32-26-24-19(15-29-25(24)30-18-31-26)16-33(5)12-9-13-34(6)27(36)40-28(2,3)4/h10-11,14-15,18H,8-9,12-13,16-17H2,1-7H3,(H2,29,30,31,32). The van der Waals surface area contributed by atoms with E-state index in [-0.39, 0.29) is 19.3 Å². The predicted molar refractivity (Wildman–Crippen MR) is 152 cm³/mol. The SMILES string of the molecule is CCOC(=O)COc1cc(Nc2ncnc3[nH]cc(CN(C)CCCN(C)C(=O)OC(C)(C)C)c23)ccc1OC. The van der Waals surface area contributed by atoms with Gasteiger partial charge in [0, 0.05) is 38.1 Å². The molecule has 0 fully saturated rings. The van der Waals surface area contributed by atoms with Crippen molar-refractivity contribution in [2.75, 3.05) is 52.8 Å². The molecule has 3 aromatic rings. The maximum atomic E-state index is 12.2. The van der Waals surface area contributed by atoms with Crippen LogP contribution in [0.5, 0.6) is 11.5 Å². The van der Waals surface area contributed by atoms with E-state index in [4.69, 9.17) is 18.9 Å². The van der Waals surface area contributed by atoms with Crippen LogP contribution < -0.4 is 14.8 Å². The molecule has 0 saturated heterocycles. The zero-order valence-corrected chi connectivity index (χ0v) is 24.4. The van der Waals surface area contributed by atoms with Crippen molar-refractivity contribution in [1.29, 1.82) is 0 Å². The molecule has 2 aromatic heterocycles. The first-order chi connectivity index (χ1) is 19.0. The molecule has 0 radical (unpaired) electrons. The molecule has 0 aliphatic heterocycles. The van der Waals surface area contributed by atoms with Crippen molar-refractivity contribution in [2.24, 2.45) is 0 Å². The molecule has 12 heteroatoms. The fourth-order valence-electron chi connectivity index (χ4n) is 3.97. The maximum absolute atomic E-state index is 12.2. The van der Waals surface area contributed by atoms with E-state index in [2.05, 4.69) is 25.2 Å². The highest BCUT2D eigenvalue weighted by Crippen LogP contribution is 2.33. The number of H-pyrrole nitrogens is 1. The lowest BCUT2D eigenvalue weighted by Gasteiger charge is -2.25. The molecule has 0 saturated carbocycles. The average Bonchev–Trinajstić information content (AvgIpc) is 3.30. The minimum absolute atomic E-state index is 0.229. The highest BCUT2D eigenvalue weighted by Gasteiger charge is 2.20. The Morgan fingerprint density at radius 3 is 2.58 bits per heavy atom. The summed E-state index contributed by atoms with van der Waals surface area (Å²) in [5.41, 5.74) is 1.91. The number of fused-ring (bicyclic) bond motifs is 1. The summed E-state index contributed by atoms with van der Waals surface area (Å²) in [5.74, 6) is 1.05. The van der Waals surface area contributed by atoms with Crippen molar-refractivity contribution in [2.45, 2.75) is 46.3 Å². The number of rotatable bonds is 13. The molecule has 0 bridgehead atoms. The highest BCUT2D eigenvalue weighted by atomic mass is 16.6. The third kappa shape index (κ3) is 8.73. The van der Waals surface area contributed by atoms with E-state index < -0.39 is 11.6 Å². The first kappa shape index (κ1) is 30.5. The fourth-order valence-corrected chi connectivity index (χ4v) is 3.97. The number of amides is 1. The van der Waals surface area contributed by atoms with E-state index in [9.17, 15) is 9.59 Å². The topological polar surface area (TPSA) is 131 Å². The van der Waals surface area contributed by atoms with Crippen LogP contribution in [0.1, 0.15) is 39.7 Å². The number of benzene rings is 1. The normalized spacial score (nSPS) is 11.4. The fraction of sp³-hybridized carbons (Fsp3) is 0.500. The molecule has 0 aliphatic rings. The van der Waals surface area contributed by atoms with Gasteiger partial charge < -0.3 is 39.0 Å². The van der Waals surface area contributed by atoms with E-state index in [1.807, 2.05) is 40.1 Å². The first-order valence-corrected chi connectivity index (χ1v) is 13.2. The van der Waals surface area contributed by atoms with Gasteiger partial charge in [0.05, 0.1) is 19.1 Å². The second-order valence-corrected chi connectivity index (χ2v) is 10.3. The number of ether oxygens (including phenoxy) is 4. The molecule has 12 nitrogen and oxygen atoms in total. The molecular formula is C28H40N6O6. The minimum Gasteiger partial charge on any atom is -0.493 e. The predicted octanol–water partition coefficient (Wildman–Crippen LogP) is 4.34. The second kappa shape index (κ2) is 13.8. The Kier molecular flexibility index (Phi) is 10.5. The highest BCUT2D eigenvalue weighted by molar-refractivity contribution is 5.92. The summed E-state index contributed by atoms with van der Waals surface area (Å²) in [6, 6.07) is 5.33. The van der Waals surface area contributed by atoms with Gasteiger partial charge in [-0.1, -0.05) is 0 Å². The lowest BCUT2D eigenvalue weighted by molar-refractivity contribution is -0.145. The van der Waals surface area contributed by atoms with Crippen LogP contribution in [0.15, 0.2) is 30.7 Å². The van der Waals surface area contributed by atoms with Gasteiger partial charge in [-0.2, -0.15) is 0 Å². The van der Waals surface area contributed by atoms with Crippen LogP contribution in [-0.4, -0.2) is 89.9 Å². The summed E-state index contributed by atoms with van der Waals surface area (Å²) < 4.78 is 21.4. The summed E-state index contributed by atoms with van der Waals surface area (Å²) in [7, 11) is 5.31. The Hall–Kier alpha value is -4.06. The smallest absolute Gasteiger partial charge is 0.410 e. The van der Waals surface area contributed by atoms with Crippen LogP contribution in [0.25, 0.3) is 11.0 Å². The molecule has 1 amide bonds. The van der Waals surface area contributed by atoms with Crippen molar-refractivity contribution in [1.82, 2.24) is 24.8 Å². The van der Waals surface area contributed by atoms with Gasteiger partial charge in [0.15, 0.2) is 18.1 Å². The number of carbonyl (C=O) groups is 2. The zero-order chi connectivity index (χ0) is 29.3. The van der Waals surface area contributed by atoms with Crippen LogP contribution in [0.3, 0.4) is 0 Å². The number of esters is 1. The molecule has 1 aromatic carbocycles. The Balaban J connectivity index is 1.68. The Morgan fingerprint density at radius 2 is 1.88 bits per heavy atom. The van der Waals surface area contributed by atoms with Gasteiger partial charge in [0.1, 0.15) is 23.4 Å². The molecule has 40 heavy (non-hydrogen) atoms. The number of aromatic amines is 1. The number of anilines is 2. The lowest BCUT2D eigenvalue weighted by Crippen LogP contribution is -2.35. The number of aromatic nitrogens is 3. The number of nitrogens with zero attached hydrogens (tertiary/aromatic N) is 4. The van der Waals surface area contributed by atoms with Crippen molar-refractivity contribution in [3.63, 3.8) is 0 Å². The van der Waals surface area contributed by atoms with Gasteiger partial charge in [-0.15, -0.1) is 0 Å². The van der Waals surface area contributed by atoms with Gasteiger partial charge in [0.25, 0.3) is 0 Å². The van der Waals surface area contributed by atoms with Crippen LogP contribution in [0, 0.1) is 0 Å². The van der Waals surface area contributed by atoms with Gasteiger partial charge in [-0.3, -0.25) is 0 Å². The second-order valence-electron chi connectivity index (χ2n) is 10.3. The van der Waals surface area contributed by atoms with E-state index in [1.54, 1.807) is 31.0 Å². The van der Waals surface area contributed by atoms with E-state index in [0.717, 1.165) is 23.9 Å². The molecule has 0 atom stereocenters. The van der Waals surface area contributed by atoms with Gasteiger partial charge in [-0.25, -0.2) is 19.6 Å². The monoisotopic (exact) mass is 556 g/mol. The summed E-state index contributed by atoms with van der Waals surface area (Å²) in [6.07, 6.45) is 3.88. The third-order valence-electron chi connectivity index (χ3n) is 5.81. The number of carbonyl (C=O) groups excluding carboxylic acids is 2. The van der Waals surface area contributed by atoms with Crippen LogP contribution >= 0.6 is 0 Å². The van der Waals surface area contributed by atoms with Crippen LogP contribution in [0.2, 0.25) is 0 Å². The van der Waals surface area contributed by atoms with Crippen molar-refractivity contribution >= 4 is 34.6 Å². The Morgan fingerprint density at radius 1 is 1.10 bits per heavy atom. The largest absolute Gasteiger partial charge is 0.493 e. The Bertz CT molecular complexity index is 1290. The van der Waals surface area contributed by atoms with E-state index >= 15 is 0 Å². The zero-order valence-electron chi connectivity index (χ0n) is 24.4. The number of hydrogen-bond acceptors (Lipinski definition) is 10. The maximum Gasteiger partial charge on any atom is 0.410 e. The molecule has 0 spiro atoms. The molecule has 2 N–H and O–H groups in total. The first-order valence-electron chi connectivity index (χ1n) is 13.2. The molecule has 218 valence electrons. The minimum atomic E-state index is -0.520. The number of hydrogen-bond donors (Lipinski definition) is 2. The Labute approximate surface area is 235 Å². The van der Waals surface area contributed by atoms with Gasteiger partial charge in [-0.05, 0) is 65.4 Å². The van der Waals surface area contributed by atoms with Crippen LogP contribution in [-0.2, 0) is 20.8 Å². The van der Waals surface area contributed by atoms with Crippen LogP contribution in [0.4, 0.5) is 16.3 Å². The molecule has 2 heterocycles. The van der Waals surface area contributed by atoms with Gasteiger partial charge >= 0.3 is 12.1 Å². The average molecular weight is 557 g/mol. The summed E-state index contributed by atoms with van der Waals surface area (Å²) in [4.78, 5) is 39.8. The van der Waals surface area contributed by atoms with Crippen molar-refractivity contribution < 1.29 is 28.5 Å². The molecule has 0 unspecified atom stereocenters. The molecular weight excluding hydrogens is 516 g/mol. The molecule has 3 rings (SSSR count). The third-order valence-corrected chi connectivity index (χ3v) is 5.81. The summed E-state index contributed by atoms with van der Waals surface area (Å²) in [5, 5.41) is 4.21. The van der Waals surface area contributed by atoms with Crippen molar-refractivity contribution in [3.05, 3.63) is 36.3 Å². The number of nitrogens with one attached hydrogen (secondary N) is 2. The lowest BCUT2D eigenvalue weighted by atomic mass is 10.2. The van der Waals surface area contributed by atoms with Gasteiger partial charge in [0.2, 0.25) is 0 Å². The summed E-state index contributed by atoms with van der Waals surface area (Å²) in [6.45, 7) is 9.36. The van der Waals surface area contributed by atoms with E-state index in [0.29, 0.717) is 41.7 Å². The quantitative estimate of drug-likeness (QED) is 0.293.